The lowest BCUT2D eigenvalue weighted by atomic mass is 10.1. The van der Waals surface area contributed by atoms with Crippen molar-refractivity contribution < 1.29 is 27.5 Å². The van der Waals surface area contributed by atoms with E-state index in [2.05, 4.69) is 4.72 Å². The van der Waals surface area contributed by atoms with Crippen molar-refractivity contribution in [1.82, 2.24) is 9.62 Å². The Hall–Kier alpha value is -2.00. The van der Waals surface area contributed by atoms with Gasteiger partial charge in [0.1, 0.15) is 0 Å². The van der Waals surface area contributed by atoms with Crippen LogP contribution in [0.3, 0.4) is 0 Å². The van der Waals surface area contributed by atoms with Gasteiger partial charge in [-0.3, -0.25) is 4.79 Å². The van der Waals surface area contributed by atoms with Crippen LogP contribution in [0.15, 0.2) is 29.2 Å². The fourth-order valence-electron chi connectivity index (χ4n) is 2.59. The fraction of sp³-hybridized carbons (Fsp3) is 0.467. The highest BCUT2D eigenvalue weighted by Crippen LogP contribution is 2.28. The van der Waals surface area contributed by atoms with E-state index >= 15 is 0 Å². The largest absolute Gasteiger partial charge is 0.479 e. The highest BCUT2D eigenvalue weighted by Gasteiger charge is 2.47. The summed E-state index contributed by atoms with van der Waals surface area (Å²) in [5, 5.41) is 8.88. The number of carboxylic acid groups (broad SMARTS) is 1. The number of hydrogen-bond acceptors (Lipinski definition) is 4. The topological polar surface area (TPSA) is 104 Å². The third-order valence-electron chi connectivity index (χ3n) is 4.18. The molecule has 2 fully saturated rings. The van der Waals surface area contributed by atoms with Crippen LogP contribution in [0, 0.1) is 0 Å². The summed E-state index contributed by atoms with van der Waals surface area (Å²) < 4.78 is 41.0. The minimum absolute atomic E-state index is 0.0288. The van der Waals surface area contributed by atoms with Crippen molar-refractivity contribution in [3.63, 3.8) is 0 Å². The molecular formula is C15H17FN2O5S. The molecule has 24 heavy (non-hydrogen) atoms. The Balaban J connectivity index is 1.79. The molecule has 0 aromatic heterocycles. The van der Waals surface area contributed by atoms with Crippen LogP contribution in [-0.2, 0) is 14.8 Å². The predicted octanol–water partition coefficient (Wildman–Crippen LogP) is 0.766. The zero-order valence-electron chi connectivity index (χ0n) is 12.7. The Morgan fingerprint density at radius 2 is 2.04 bits per heavy atom. The SMILES string of the molecule is O=C(c1cccc(S(=O)(=O)NC2CC2)c1)N1CCC(F)(C(=O)O)C1. The van der Waals surface area contributed by atoms with Gasteiger partial charge >= 0.3 is 5.97 Å². The van der Waals surface area contributed by atoms with Crippen LogP contribution in [0.5, 0.6) is 0 Å². The second kappa shape index (κ2) is 5.82. The number of carbonyl (C=O) groups excluding carboxylic acids is 1. The van der Waals surface area contributed by atoms with E-state index in [-0.39, 0.29) is 29.5 Å². The Morgan fingerprint density at radius 3 is 2.62 bits per heavy atom. The first kappa shape index (κ1) is 16.8. The molecule has 0 radical (unpaired) electrons. The molecule has 1 saturated heterocycles. The van der Waals surface area contributed by atoms with Crippen LogP contribution in [0.1, 0.15) is 29.6 Å². The summed E-state index contributed by atoms with van der Waals surface area (Å²) in [6, 6.07) is 5.41. The Morgan fingerprint density at radius 1 is 1.33 bits per heavy atom. The molecule has 1 atom stereocenters. The van der Waals surface area contributed by atoms with Crippen LogP contribution in [-0.4, -0.2) is 55.1 Å². The van der Waals surface area contributed by atoms with E-state index in [4.69, 9.17) is 5.11 Å². The van der Waals surface area contributed by atoms with E-state index in [0.29, 0.717) is 0 Å². The number of halogens is 1. The van der Waals surface area contributed by atoms with Crippen LogP contribution < -0.4 is 4.72 Å². The van der Waals surface area contributed by atoms with Gasteiger partial charge in [-0.2, -0.15) is 0 Å². The maximum absolute atomic E-state index is 14.1. The molecule has 0 bridgehead atoms. The average molecular weight is 356 g/mol. The van der Waals surface area contributed by atoms with Gasteiger partial charge in [-0.05, 0) is 31.0 Å². The summed E-state index contributed by atoms with van der Waals surface area (Å²) in [5.74, 6) is -2.18. The zero-order valence-corrected chi connectivity index (χ0v) is 13.6. The standard InChI is InChI=1S/C15H17FN2O5S/c16-15(14(20)21)6-7-18(9-15)13(19)10-2-1-3-12(8-10)24(22,23)17-11-4-5-11/h1-3,8,11,17H,4-7,9H2,(H,20,21). The zero-order chi connectivity index (χ0) is 17.5. The second-order valence-corrected chi connectivity index (χ2v) is 7.88. The molecule has 7 nitrogen and oxygen atoms in total. The molecular weight excluding hydrogens is 339 g/mol. The highest BCUT2D eigenvalue weighted by molar-refractivity contribution is 7.89. The summed E-state index contributed by atoms with van der Waals surface area (Å²) in [4.78, 5) is 24.4. The lowest BCUT2D eigenvalue weighted by molar-refractivity contribution is -0.149. The number of benzene rings is 1. The number of aliphatic carboxylic acids is 1. The molecule has 1 heterocycles. The molecule has 1 aromatic carbocycles. The van der Waals surface area contributed by atoms with Gasteiger partial charge in [0.2, 0.25) is 15.7 Å². The third-order valence-corrected chi connectivity index (χ3v) is 5.70. The molecule has 1 amide bonds. The van der Waals surface area contributed by atoms with Crippen molar-refractivity contribution in [3.05, 3.63) is 29.8 Å². The number of carboxylic acids is 1. The summed E-state index contributed by atoms with van der Waals surface area (Å²) in [6.45, 7) is -0.572. The maximum atomic E-state index is 14.1. The van der Waals surface area contributed by atoms with Crippen molar-refractivity contribution in [2.24, 2.45) is 0 Å². The molecule has 2 aliphatic rings. The monoisotopic (exact) mass is 356 g/mol. The smallest absolute Gasteiger partial charge is 0.343 e. The molecule has 130 valence electrons. The maximum Gasteiger partial charge on any atom is 0.343 e. The van der Waals surface area contributed by atoms with E-state index in [1.54, 1.807) is 0 Å². The number of carbonyl (C=O) groups is 2. The number of hydrogen-bond donors (Lipinski definition) is 2. The lowest BCUT2D eigenvalue weighted by Gasteiger charge is -2.18. The average Bonchev–Trinajstić information content (AvgIpc) is 3.24. The van der Waals surface area contributed by atoms with Gasteiger partial charge in [-0.1, -0.05) is 6.07 Å². The van der Waals surface area contributed by atoms with Crippen LogP contribution in [0.25, 0.3) is 0 Å². The van der Waals surface area contributed by atoms with Crippen LogP contribution in [0.2, 0.25) is 0 Å². The normalized spacial score (nSPS) is 24.1. The molecule has 1 saturated carbocycles. The van der Waals surface area contributed by atoms with Crippen molar-refractivity contribution >= 4 is 21.9 Å². The summed E-state index contributed by atoms with van der Waals surface area (Å²) in [6.07, 6.45) is 1.30. The first-order valence-corrected chi connectivity index (χ1v) is 9.04. The Labute approximate surface area is 138 Å². The van der Waals surface area contributed by atoms with Gasteiger partial charge in [0, 0.05) is 24.6 Å². The van der Waals surface area contributed by atoms with Gasteiger partial charge in [0.25, 0.3) is 5.91 Å². The first-order chi connectivity index (χ1) is 11.2. The number of alkyl halides is 1. The molecule has 3 rings (SSSR count). The number of sulfonamides is 1. The molecule has 1 aliphatic carbocycles. The molecule has 1 unspecified atom stereocenters. The first-order valence-electron chi connectivity index (χ1n) is 7.55. The quantitative estimate of drug-likeness (QED) is 0.811. The van der Waals surface area contributed by atoms with Crippen LogP contribution >= 0.6 is 0 Å². The van der Waals surface area contributed by atoms with Crippen molar-refractivity contribution in [2.75, 3.05) is 13.1 Å². The molecule has 9 heteroatoms. The van der Waals surface area contributed by atoms with Crippen LogP contribution in [0.4, 0.5) is 4.39 Å². The van der Waals surface area contributed by atoms with E-state index in [1.165, 1.54) is 24.3 Å². The number of nitrogens with zero attached hydrogens (tertiary/aromatic N) is 1. The van der Waals surface area contributed by atoms with Gasteiger partial charge < -0.3 is 10.0 Å². The van der Waals surface area contributed by atoms with Crippen molar-refractivity contribution in [2.45, 2.75) is 35.9 Å². The number of amides is 1. The van der Waals surface area contributed by atoms with Crippen molar-refractivity contribution in [3.8, 4) is 0 Å². The predicted molar refractivity (Wildman–Crippen MR) is 81.8 cm³/mol. The fourth-order valence-corrected chi connectivity index (χ4v) is 3.94. The summed E-state index contributed by atoms with van der Waals surface area (Å²) in [7, 11) is -3.70. The Kier molecular flexibility index (Phi) is 4.08. The molecule has 1 aromatic rings. The van der Waals surface area contributed by atoms with Gasteiger partial charge in [0.05, 0.1) is 11.4 Å². The van der Waals surface area contributed by atoms with Gasteiger partial charge in [-0.25, -0.2) is 22.3 Å². The number of rotatable bonds is 5. The molecule has 0 spiro atoms. The van der Waals surface area contributed by atoms with E-state index in [0.717, 1.165) is 17.7 Å². The minimum Gasteiger partial charge on any atom is -0.479 e. The van der Waals surface area contributed by atoms with Crippen molar-refractivity contribution in [1.29, 1.82) is 0 Å². The van der Waals surface area contributed by atoms with Gasteiger partial charge in [-0.15, -0.1) is 0 Å². The number of nitrogens with one attached hydrogen (secondary N) is 1. The Bertz CT molecular complexity index is 793. The van der Waals surface area contributed by atoms with E-state index in [1.807, 2.05) is 0 Å². The summed E-state index contributed by atoms with van der Waals surface area (Å²) in [5.41, 5.74) is -2.37. The van der Waals surface area contributed by atoms with E-state index in [9.17, 15) is 22.4 Å². The highest BCUT2D eigenvalue weighted by atomic mass is 32.2. The third kappa shape index (κ3) is 3.27. The molecule has 2 N–H and O–H groups in total. The number of likely N-dealkylation sites (tertiary alicyclic amines) is 1. The van der Waals surface area contributed by atoms with E-state index < -0.39 is 34.1 Å². The second-order valence-electron chi connectivity index (χ2n) is 6.17. The minimum atomic E-state index is -3.70. The summed E-state index contributed by atoms with van der Waals surface area (Å²) >= 11 is 0. The molecule has 1 aliphatic heterocycles. The van der Waals surface area contributed by atoms with Gasteiger partial charge in [0.15, 0.2) is 0 Å². The lowest BCUT2D eigenvalue weighted by Crippen LogP contribution is -2.39.